The molecule has 0 amide bonds. The fourth-order valence-electron chi connectivity index (χ4n) is 5.48. The fourth-order valence-corrected chi connectivity index (χ4v) is 5.48. The van der Waals surface area contributed by atoms with Gasteiger partial charge in [0.25, 0.3) is 0 Å². The van der Waals surface area contributed by atoms with E-state index < -0.39 is 0 Å². The van der Waals surface area contributed by atoms with Crippen LogP contribution in [0, 0.1) is 0 Å². The molecule has 1 aliphatic carbocycles. The standard InChI is InChI=1S/C23H33N7O2/c24-21-22(25)27-14-28-23(21)30-9-2-4-17(30)13-31-20-5-1-3-15-6-7-16(11-19(15)20)29-10-8-18(12-29)32-26/h1,3,5,14,16-18H,2,4,6-13,24,26H2,(H2,25,27,28)/t16?,17-,18?/m1/s1. The number of hydrogen-bond donors (Lipinski definition) is 3. The predicted octanol–water partition coefficient (Wildman–Crippen LogP) is 1.51. The molecule has 9 nitrogen and oxygen atoms in total. The molecule has 0 spiro atoms. The number of fused-ring (bicyclic) bond motifs is 1. The fraction of sp³-hybridized carbons (Fsp3) is 0.565. The summed E-state index contributed by atoms with van der Waals surface area (Å²) in [6.45, 7) is 3.45. The van der Waals surface area contributed by atoms with Gasteiger partial charge in [0.1, 0.15) is 24.4 Å². The third-order valence-electron chi connectivity index (χ3n) is 7.28. The molecule has 2 aromatic rings. The summed E-state index contributed by atoms with van der Waals surface area (Å²) in [6.07, 6.45) is 8.00. The maximum absolute atomic E-state index is 6.44. The van der Waals surface area contributed by atoms with Gasteiger partial charge in [0.15, 0.2) is 11.6 Å². The van der Waals surface area contributed by atoms with E-state index in [1.807, 2.05) is 0 Å². The van der Waals surface area contributed by atoms with E-state index in [1.165, 1.54) is 23.9 Å². The van der Waals surface area contributed by atoms with Crippen molar-refractivity contribution in [1.29, 1.82) is 0 Å². The van der Waals surface area contributed by atoms with E-state index >= 15 is 0 Å². The van der Waals surface area contributed by atoms with Crippen LogP contribution in [0.25, 0.3) is 0 Å². The molecule has 2 fully saturated rings. The van der Waals surface area contributed by atoms with Gasteiger partial charge in [0.2, 0.25) is 0 Å². The lowest BCUT2D eigenvalue weighted by Crippen LogP contribution is -2.39. The molecule has 2 unspecified atom stereocenters. The molecule has 0 saturated carbocycles. The number of benzene rings is 1. The van der Waals surface area contributed by atoms with Crippen molar-refractivity contribution < 1.29 is 9.57 Å². The van der Waals surface area contributed by atoms with Gasteiger partial charge in [0.05, 0.1) is 12.1 Å². The van der Waals surface area contributed by atoms with Crippen LogP contribution in [0.5, 0.6) is 5.75 Å². The van der Waals surface area contributed by atoms with Gasteiger partial charge in [0, 0.05) is 25.7 Å². The summed E-state index contributed by atoms with van der Waals surface area (Å²) in [7, 11) is 0. The highest BCUT2D eigenvalue weighted by Crippen LogP contribution is 2.35. The first-order valence-electron chi connectivity index (χ1n) is 11.6. The van der Waals surface area contributed by atoms with Gasteiger partial charge in [-0.05, 0) is 55.7 Å². The largest absolute Gasteiger partial charge is 0.491 e. The highest BCUT2D eigenvalue weighted by Gasteiger charge is 2.33. The maximum atomic E-state index is 6.44. The number of nitrogens with two attached hydrogens (primary N) is 3. The number of hydrogen-bond acceptors (Lipinski definition) is 9. The lowest BCUT2D eigenvalue weighted by Gasteiger charge is -2.33. The Bertz CT molecular complexity index is 956. The van der Waals surface area contributed by atoms with Gasteiger partial charge in [-0.2, -0.15) is 0 Å². The normalized spacial score (nSPS) is 25.8. The summed E-state index contributed by atoms with van der Waals surface area (Å²) in [5.41, 5.74) is 15.3. The summed E-state index contributed by atoms with van der Waals surface area (Å²) in [6, 6.07) is 7.17. The number of ether oxygens (including phenoxy) is 1. The van der Waals surface area contributed by atoms with Crippen molar-refractivity contribution in [2.24, 2.45) is 5.90 Å². The molecule has 1 aromatic carbocycles. The van der Waals surface area contributed by atoms with Crippen LogP contribution >= 0.6 is 0 Å². The zero-order valence-electron chi connectivity index (χ0n) is 18.4. The molecule has 5 rings (SSSR count). The van der Waals surface area contributed by atoms with Gasteiger partial charge in [-0.1, -0.05) is 12.1 Å². The van der Waals surface area contributed by atoms with E-state index in [0.717, 1.165) is 57.5 Å². The van der Waals surface area contributed by atoms with Gasteiger partial charge in [-0.25, -0.2) is 15.9 Å². The summed E-state index contributed by atoms with van der Waals surface area (Å²) in [5.74, 6) is 7.46. The van der Waals surface area contributed by atoms with Crippen LogP contribution in [0.1, 0.15) is 36.8 Å². The first kappa shape index (κ1) is 21.2. The Morgan fingerprint density at radius 1 is 1.09 bits per heavy atom. The van der Waals surface area contributed by atoms with E-state index in [0.29, 0.717) is 30.0 Å². The molecule has 3 heterocycles. The number of aromatic nitrogens is 2. The maximum Gasteiger partial charge on any atom is 0.157 e. The molecule has 9 heteroatoms. The number of rotatable bonds is 6. The number of aryl methyl sites for hydroxylation is 1. The second-order valence-electron chi connectivity index (χ2n) is 9.13. The van der Waals surface area contributed by atoms with Crippen LogP contribution in [0.15, 0.2) is 24.5 Å². The topological polar surface area (TPSA) is 129 Å². The van der Waals surface area contributed by atoms with Crippen LogP contribution < -0.4 is 27.0 Å². The average Bonchev–Trinajstić information content (AvgIpc) is 3.49. The Morgan fingerprint density at radius 3 is 2.84 bits per heavy atom. The van der Waals surface area contributed by atoms with Crippen LogP contribution in [0.4, 0.5) is 17.3 Å². The van der Waals surface area contributed by atoms with Gasteiger partial charge < -0.3 is 21.1 Å². The number of likely N-dealkylation sites (tertiary alicyclic amines) is 1. The number of nitrogen functional groups attached to an aromatic ring is 2. The molecule has 32 heavy (non-hydrogen) atoms. The predicted molar refractivity (Wildman–Crippen MR) is 124 cm³/mol. The summed E-state index contributed by atoms with van der Waals surface area (Å²) >= 11 is 0. The van der Waals surface area contributed by atoms with Crippen molar-refractivity contribution in [3.05, 3.63) is 35.7 Å². The van der Waals surface area contributed by atoms with Crippen LogP contribution in [-0.4, -0.2) is 59.3 Å². The molecule has 2 saturated heterocycles. The van der Waals surface area contributed by atoms with E-state index in [4.69, 9.17) is 26.9 Å². The minimum Gasteiger partial charge on any atom is -0.491 e. The van der Waals surface area contributed by atoms with Crippen molar-refractivity contribution in [3.63, 3.8) is 0 Å². The average molecular weight is 440 g/mol. The first-order chi connectivity index (χ1) is 15.6. The summed E-state index contributed by atoms with van der Waals surface area (Å²) < 4.78 is 6.44. The number of nitrogens with zero attached hydrogens (tertiary/aromatic N) is 4. The first-order valence-corrected chi connectivity index (χ1v) is 11.6. The van der Waals surface area contributed by atoms with Crippen LogP contribution in [0.3, 0.4) is 0 Å². The molecule has 2 aliphatic heterocycles. The molecule has 3 aliphatic rings. The van der Waals surface area contributed by atoms with Crippen LogP contribution in [0.2, 0.25) is 0 Å². The lowest BCUT2D eigenvalue weighted by atomic mass is 9.87. The molecule has 6 N–H and O–H groups in total. The third kappa shape index (κ3) is 4.07. The zero-order valence-corrected chi connectivity index (χ0v) is 18.4. The van der Waals surface area contributed by atoms with Gasteiger partial charge in [-0.3, -0.25) is 9.74 Å². The molecule has 172 valence electrons. The Hall–Kier alpha value is -2.62. The van der Waals surface area contributed by atoms with Gasteiger partial charge in [-0.15, -0.1) is 0 Å². The van der Waals surface area contributed by atoms with Crippen molar-refractivity contribution in [2.75, 3.05) is 42.6 Å². The Kier molecular flexibility index (Phi) is 6.03. The van der Waals surface area contributed by atoms with E-state index in [9.17, 15) is 0 Å². The monoisotopic (exact) mass is 439 g/mol. The molecule has 3 atom stereocenters. The second kappa shape index (κ2) is 9.09. The van der Waals surface area contributed by atoms with Crippen molar-refractivity contribution >= 4 is 17.3 Å². The van der Waals surface area contributed by atoms with Gasteiger partial charge >= 0.3 is 0 Å². The Morgan fingerprint density at radius 2 is 2.00 bits per heavy atom. The Balaban J connectivity index is 1.28. The lowest BCUT2D eigenvalue weighted by molar-refractivity contribution is 0.0544. The summed E-state index contributed by atoms with van der Waals surface area (Å²) in [5, 5.41) is 0. The summed E-state index contributed by atoms with van der Waals surface area (Å²) in [4.78, 5) is 18.2. The van der Waals surface area contributed by atoms with E-state index in [-0.39, 0.29) is 12.1 Å². The highest BCUT2D eigenvalue weighted by atomic mass is 16.6. The quantitative estimate of drug-likeness (QED) is 0.574. The minimum absolute atomic E-state index is 0.152. The minimum atomic E-state index is 0.152. The van der Waals surface area contributed by atoms with Crippen molar-refractivity contribution in [3.8, 4) is 5.75 Å². The molecule has 0 bridgehead atoms. The Labute approximate surface area is 188 Å². The van der Waals surface area contributed by atoms with Crippen molar-refractivity contribution in [1.82, 2.24) is 14.9 Å². The molecule has 1 aromatic heterocycles. The van der Waals surface area contributed by atoms with E-state index in [2.05, 4.69) is 38.0 Å². The second-order valence-corrected chi connectivity index (χ2v) is 9.13. The van der Waals surface area contributed by atoms with E-state index in [1.54, 1.807) is 0 Å². The highest BCUT2D eigenvalue weighted by molar-refractivity contribution is 5.73. The third-order valence-corrected chi connectivity index (χ3v) is 7.28. The van der Waals surface area contributed by atoms with Crippen molar-refractivity contribution in [2.45, 2.75) is 56.7 Å². The molecular formula is C23H33N7O2. The number of anilines is 3. The SMILES string of the molecule is NOC1CCN(C2CCc3cccc(OC[C@H]4CCCN4c4ncnc(N)c4N)c3C2)C1. The molecular weight excluding hydrogens is 406 g/mol. The zero-order chi connectivity index (χ0) is 22.1. The van der Waals surface area contributed by atoms with Crippen LogP contribution in [-0.2, 0) is 17.7 Å². The smallest absolute Gasteiger partial charge is 0.157 e. The molecule has 0 radical (unpaired) electrons.